The van der Waals surface area contributed by atoms with Gasteiger partial charge >= 0.3 is 0 Å². The Bertz CT molecular complexity index is 323. The highest BCUT2D eigenvalue weighted by atomic mass is 16.1. The van der Waals surface area contributed by atoms with Crippen LogP contribution in [0.3, 0.4) is 0 Å². The van der Waals surface area contributed by atoms with Gasteiger partial charge in [-0.3, -0.25) is 0 Å². The van der Waals surface area contributed by atoms with E-state index in [4.69, 9.17) is 0 Å². The maximum atomic E-state index is 10.9. The van der Waals surface area contributed by atoms with Crippen molar-refractivity contribution in [2.75, 3.05) is 6.54 Å². The second-order valence-electron chi connectivity index (χ2n) is 4.29. The number of aldehydes is 1. The molecule has 0 unspecified atom stereocenters. The molecule has 2 heteroatoms. The number of carbonyl (C=O) groups is 1. The number of nitrogens with one attached hydrogen (secondary N) is 1. The van der Waals surface area contributed by atoms with Gasteiger partial charge < -0.3 is 10.1 Å². The summed E-state index contributed by atoms with van der Waals surface area (Å²) in [5.41, 5.74) is 1.29. The lowest BCUT2D eigenvalue weighted by molar-refractivity contribution is -0.113. The normalized spacial score (nSPS) is 31.1. The van der Waals surface area contributed by atoms with Crippen molar-refractivity contribution in [3.8, 4) is 0 Å². The zero-order chi connectivity index (χ0) is 10.7. The summed E-state index contributed by atoms with van der Waals surface area (Å²) in [6.07, 6.45) is 2.08. The SMILES string of the molecule is C[C@H]1[C@H](C=O)CCN[C@@H]1c1ccccc1. The molecule has 0 spiro atoms. The molecule has 3 atom stereocenters. The average Bonchev–Trinajstić information content (AvgIpc) is 2.30. The molecule has 1 heterocycles. The molecule has 0 saturated carbocycles. The van der Waals surface area contributed by atoms with Crippen LogP contribution in [0.5, 0.6) is 0 Å². The Morgan fingerprint density at radius 3 is 2.73 bits per heavy atom. The van der Waals surface area contributed by atoms with Gasteiger partial charge in [0.05, 0.1) is 0 Å². The van der Waals surface area contributed by atoms with Crippen LogP contribution < -0.4 is 5.32 Å². The highest BCUT2D eigenvalue weighted by molar-refractivity contribution is 5.54. The molecule has 1 aromatic rings. The topological polar surface area (TPSA) is 29.1 Å². The zero-order valence-corrected chi connectivity index (χ0v) is 9.02. The van der Waals surface area contributed by atoms with Crippen molar-refractivity contribution < 1.29 is 4.79 Å². The van der Waals surface area contributed by atoms with Gasteiger partial charge in [0.1, 0.15) is 6.29 Å². The number of hydrogen-bond acceptors (Lipinski definition) is 2. The summed E-state index contributed by atoms with van der Waals surface area (Å²) < 4.78 is 0. The third kappa shape index (κ3) is 2.10. The molecule has 0 radical (unpaired) electrons. The fourth-order valence-electron chi connectivity index (χ4n) is 2.38. The number of carbonyl (C=O) groups excluding carboxylic acids is 1. The smallest absolute Gasteiger partial charge is 0.123 e. The van der Waals surface area contributed by atoms with E-state index in [1.165, 1.54) is 5.56 Å². The summed E-state index contributed by atoms with van der Waals surface area (Å²) in [5, 5.41) is 3.49. The van der Waals surface area contributed by atoms with Crippen LogP contribution in [0.4, 0.5) is 0 Å². The van der Waals surface area contributed by atoms with E-state index in [0.717, 1.165) is 19.3 Å². The summed E-state index contributed by atoms with van der Waals surface area (Å²) in [6.45, 7) is 3.09. The van der Waals surface area contributed by atoms with E-state index < -0.39 is 0 Å². The van der Waals surface area contributed by atoms with Gasteiger partial charge in [-0.2, -0.15) is 0 Å². The van der Waals surface area contributed by atoms with E-state index in [1.807, 2.05) is 18.2 Å². The van der Waals surface area contributed by atoms with E-state index in [0.29, 0.717) is 12.0 Å². The molecular formula is C13H17NO. The summed E-state index contributed by atoms with van der Waals surface area (Å²) in [4.78, 5) is 10.9. The lowest BCUT2D eigenvalue weighted by atomic mass is 9.80. The van der Waals surface area contributed by atoms with Gasteiger partial charge in [0.15, 0.2) is 0 Å². The highest BCUT2D eigenvalue weighted by Crippen LogP contribution is 2.31. The first-order valence-electron chi connectivity index (χ1n) is 5.56. The predicted octanol–water partition coefficient (Wildman–Crippen LogP) is 2.17. The highest BCUT2D eigenvalue weighted by Gasteiger charge is 2.29. The maximum absolute atomic E-state index is 10.9. The molecule has 80 valence electrons. The summed E-state index contributed by atoms with van der Waals surface area (Å²) in [7, 11) is 0. The van der Waals surface area contributed by atoms with E-state index in [2.05, 4.69) is 24.4 Å². The molecule has 2 rings (SSSR count). The second kappa shape index (κ2) is 4.58. The standard InChI is InChI=1S/C13H17NO/c1-10-12(9-15)7-8-14-13(10)11-5-3-2-4-6-11/h2-6,9-10,12-14H,7-8H2,1H3/t10-,12-,13-/m0/s1. The third-order valence-electron chi connectivity index (χ3n) is 3.38. The van der Waals surface area contributed by atoms with E-state index in [-0.39, 0.29) is 5.92 Å². The molecule has 0 bridgehead atoms. The molecule has 1 fully saturated rings. The van der Waals surface area contributed by atoms with Crippen LogP contribution in [0.2, 0.25) is 0 Å². The van der Waals surface area contributed by atoms with Gasteiger partial charge in [-0.05, 0) is 24.4 Å². The Kier molecular flexibility index (Phi) is 3.17. The number of rotatable bonds is 2. The van der Waals surface area contributed by atoms with Crippen molar-refractivity contribution in [2.24, 2.45) is 11.8 Å². The number of hydrogen-bond donors (Lipinski definition) is 1. The van der Waals surface area contributed by atoms with Gasteiger partial charge in [-0.1, -0.05) is 37.3 Å². The van der Waals surface area contributed by atoms with Crippen LogP contribution in [0.15, 0.2) is 30.3 Å². The minimum absolute atomic E-state index is 0.205. The lowest BCUT2D eigenvalue weighted by Gasteiger charge is -2.34. The van der Waals surface area contributed by atoms with Gasteiger partial charge in [0, 0.05) is 12.0 Å². The summed E-state index contributed by atoms with van der Waals surface area (Å²) >= 11 is 0. The molecule has 1 N–H and O–H groups in total. The first-order chi connectivity index (χ1) is 7.33. The van der Waals surface area contributed by atoms with Crippen LogP contribution in [-0.4, -0.2) is 12.8 Å². The van der Waals surface area contributed by atoms with Crippen molar-refractivity contribution in [2.45, 2.75) is 19.4 Å². The number of benzene rings is 1. The fraction of sp³-hybridized carbons (Fsp3) is 0.462. The van der Waals surface area contributed by atoms with Gasteiger partial charge in [0.25, 0.3) is 0 Å². The molecule has 1 aliphatic rings. The van der Waals surface area contributed by atoms with E-state index >= 15 is 0 Å². The van der Waals surface area contributed by atoms with Crippen molar-refractivity contribution in [3.63, 3.8) is 0 Å². The van der Waals surface area contributed by atoms with Crippen LogP contribution in [-0.2, 0) is 4.79 Å². The van der Waals surface area contributed by atoms with Gasteiger partial charge in [-0.25, -0.2) is 0 Å². The van der Waals surface area contributed by atoms with Crippen LogP contribution in [0.1, 0.15) is 24.9 Å². The van der Waals surface area contributed by atoms with Crippen LogP contribution in [0, 0.1) is 11.8 Å². The summed E-state index contributed by atoms with van der Waals surface area (Å²) in [5.74, 6) is 0.593. The Labute approximate surface area is 90.7 Å². The Balaban J connectivity index is 2.18. The molecule has 0 aromatic heterocycles. The van der Waals surface area contributed by atoms with E-state index in [9.17, 15) is 4.79 Å². The zero-order valence-electron chi connectivity index (χ0n) is 9.02. The molecule has 1 aromatic carbocycles. The Morgan fingerprint density at radius 2 is 2.07 bits per heavy atom. The number of piperidine rings is 1. The molecule has 1 saturated heterocycles. The van der Waals surface area contributed by atoms with Crippen molar-refractivity contribution in [3.05, 3.63) is 35.9 Å². The van der Waals surface area contributed by atoms with Gasteiger partial charge in [-0.15, -0.1) is 0 Å². The molecule has 1 aliphatic heterocycles. The van der Waals surface area contributed by atoms with Crippen LogP contribution >= 0.6 is 0 Å². The first kappa shape index (κ1) is 10.4. The van der Waals surface area contributed by atoms with Crippen molar-refractivity contribution >= 4 is 6.29 Å². The molecule has 0 aliphatic carbocycles. The Morgan fingerprint density at radius 1 is 1.33 bits per heavy atom. The van der Waals surface area contributed by atoms with E-state index in [1.54, 1.807) is 0 Å². The van der Waals surface area contributed by atoms with Crippen LogP contribution in [0.25, 0.3) is 0 Å². The third-order valence-corrected chi connectivity index (χ3v) is 3.38. The minimum Gasteiger partial charge on any atom is -0.310 e. The second-order valence-corrected chi connectivity index (χ2v) is 4.29. The van der Waals surface area contributed by atoms with Crippen molar-refractivity contribution in [1.29, 1.82) is 0 Å². The Hall–Kier alpha value is -1.15. The predicted molar refractivity (Wildman–Crippen MR) is 60.5 cm³/mol. The monoisotopic (exact) mass is 203 g/mol. The average molecular weight is 203 g/mol. The van der Waals surface area contributed by atoms with Crippen molar-refractivity contribution in [1.82, 2.24) is 5.32 Å². The van der Waals surface area contributed by atoms with Gasteiger partial charge in [0.2, 0.25) is 0 Å². The first-order valence-corrected chi connectivity index (χ1v) is 5.56. The quantitative estimate of drug-likeness (QED) is 0.746. The molecular weight excluding hydrogens is 186 g/mol. The summed E-state index contributed by atoms with van der Waals surface area (Å²) in [6, 6.07) is 10.7. The molecule has 0 amide bonds. The lowest BCUT2D eigenvalue weighted by Crippen LogP contribution is -2.39. The molecule has 15 heavy (non-hydrogen) atoms. The minimum atomic E-state index is 0.205. The molecule has 2 nitrogen and oxygen atoms in total. The fourth-order valence-corrected chi connectivity index (χ4v) is 2.38. The largest absolute Gasteiger partial charge is 0.310 e. The maximum Gasteiger partial charge on any atom is 0.123 e.